The average Bonchev–Trinajstić information content (AvgIpc) is 2.15. The fourth-order valence-electron chi connectivity index (χ4n) is 1.43. The van der Waals surface area contributed by atoms with Crippen LogP contribution in [0.25, 0.3) is 0 Å². The highest BCUT2D eigenvalue weighted by Gasteiger charge is 2.26. The highest BCUT2D eigenvalue weighted by molar-refractivity contribution is 6.23. The van der Waals surface area contributed by atoms with Gasteiger partial charge in [0.15, 0.2) is 0 Å². The molecule has 96 valence electrons. The number of carbonyl (C=O) groups is 2. The lowest BCUT2D eigenvalue weighted by atomic mass is 10.0. The van der Waals surface area contributed by atoms with E-state index in [0.717, 1.165) is 12.3 Å². The van der Waals surface area contributed by atoms with Gasteiger partial charge in [-0.1, -0.05) is 6.58 Å². The smallest absolute Gasteiger partial charge is 0.349 e. The lowest BCUT2D eigenvalue weighted by molar-refractivity contribution is -0.153. The van der Waals surface area contributed by atoms with Crippen molar-refractivity contribution in [2.45, 2.75) is 38.9 Å². The molecule has 0 heterocycles. The molecule has 0 bridgehead atoms. The molecular formula is C12H19NO4. The summed E-state index contributed by atoms with van der Waals surface area (Å²) in [5, 5.41) is 0. The summed E-state index contributed by atoms with van der Waals surface area (Å²) < 4.78 is 10.2. The molecule has 0 saturated heterocycles. The summed E-state index contributed by atoms with van der Waals surface area (Å²) in [7, 11) is 1.49. The zero-order valence-electron chi connectivity index (χ0n) is 10.7. The molecule has 0 aliphatic carbocycles. The van der Waals surface area contributed by atoms with Crippen LogP contribution in [0.15, 0.2) is 17.6 Å². The molecule has 0 radical (unpaired) electrons. The van der Waals surface area contributed by atoms with Crippen LogP contribution in [0.2, 0.25) is 0 Å². The number of carbonyl (C=O) groups excluding carboxylic acids is 2. The van der Waals surface area contributed by atoms with Gasteiger partial charge in [-0.3, -0.25) is 4.99 Å². The highest BCUT2D eigenvalue weighted by Crippen LogP contribution is 2.18. The first-order chi connectivity index (χ1) is 7.80. The van der Waals surface area contributed by atoms with Crippen molar-refractivity contribution in [3.8, 4) is 0 Å². The maximum Gasteiger partial charge on any atom is 0.349 e. The van der Waals surface area contributed by atoms with E-state index in [9.17, 15) is 9.59 Å². The Hall–Kier alpha value is -1.65. The van der Waals surface area contributed by atoms with E-state index < -0.39 is 17.5 Å². The van der Waals surface area contributed by atoms with E-state index in [1.54, 1.807) is 20.8 Å². The second kappa shape index (κ2) is 6.83. The fourth-order valence-corrected chi connectivity index (χ4v) is 1.43. The Bertz CT molecular complexity index is 320. The molecule has 0 aromatic rings. The zero-order chi connectivity index (χ0) is 13.5. The van der Waals surface area contributed by atoms with Crippen molar-refractivity contribution in [3.63, 3.8) is 0 Å². The first-order valence-electron chi connectivity index (χ1n) is 5.29. The fraction of sp³-hybridized carbons (Fsp3) is 0.583. The quantitative estimate of drug-likeness (QED) is 0.402. The van der Waals surface area contributed by atoms with Crippen molar-refractivity contribution < 1.29 is 19.1 Å². The second-order valence-corrected chi connectivity index (χ2v) is 4.22. The predicted octanol–water partition coefficient (Wildman–Crippen LogP) is 1.52. The van der Waals surface area contributed by atoms with Gasteiger partial charge in [-0.25, -0.2) is 9.59 Å². The molecule has 0 rings (SSSR count). The number of hydrogen-bond donors (Lipinski definition) is 0. The van der Waals surface area contributed by atoms with Gasteiger partial charge in [0.05, 0.1) is 0 Å². The summed E-state index contributed by atoms with van der Waals surface area (Å²) >= 11 is 0. The van der Waals surface area contributed by atoms with Crippen molar-refractivity contribution in [3.05, 3.63) is 12.7 Å². The Balaban J connectivity index is 4.28. The maximum atomic E-state index is 11.2. The van der Waals surface area contributed by atoms with Gasteiger partial charge in [0.1, 0.15) is 17.9 Å². The summed E-state index contributed by atoms with van der Waals surface area (Å²) in [5.41, 5.74) is -0.723. The molecule has 1 atom stereocenters. The van der Waals surface area contributed by atoms with Crippen LogP contribution in [0, 0.1) is 0 Å². The molecule has 0 aliphatic rings. The molecule has 0 amide bonds. The topological polar surface area (TPSA) is 65.0 Å². The third-order valence-electron chi connectivity index (χ3n) is 1.87. The summed E-state index contributed by atoms with van der Waals surface area (Å²) in [4.78, 5) is 25.7. The molecule has 0 saturated carbocycles. The Labute approximate surface area is 102 Å². The third-order valence-corrected chi connectivity index (χ3v) is 1.87. The SMILES string of the molecule is C=CC(=O)OC(C)CC(C)(C)OC(=O)C=NC. The van der Waals surface area contributed by atoms with Gasteiger partial charge >= 0.3 is 11.9 Å². The van der Waals surface area contributed by atoms with Crippen LogP contribution < -0.4 is 0 Å². The highest BCUT2D eigenvalue weighted by atomic mass is 16.6. The Morgan fingerprint density at radius 1 is 1.41 bits per heavy atom. The van der Waals surface area contributed by atoms with E-state index >= 15 is 0 Å². The maximum absolute atomic E-state index is 11.2. The van der Waals surface area contributed by atoms with Crippen LogP contribution >= 0.6 is 0 Å². The van der Waals surface area contributed by atoms with Gasteiger partial charge in [0.2, 0.25) is 0 Å². The minimum absolute atomic E-state index is 0.359. The van der Waals surface area contributed by atoms with E-state index in [0.29, 0.717) is 6.42 Å². The number of nitrogens with zero attached hydrogens (tertiary/aromatic N) is 1. The number of rotatable bonds is 6. The molecule has 0 aliphatic heterocycles. The monoisotopic (exact) mass is 241 g/mol. The van der Waals surface area contributed by atoms with Gasteiger partial charge in [-0.2, -0.15) is 0 Å². The van der Waals surface area contributed by atoms with E-state index in [1.807, 2.05) is 0 Å². The molecule has 1 unspecified atom stereocenters. The number of aliphatic imine (C=N–C) groups is 1. The second-order valence-electron chi connectivity index (χ2n) is 4.22. The van der Waals surface area contributed by atoms with Gasteiger partial charge in [0.25, 0.3) is 0 Å². The van der Waals surface area contributed by atoms with Crippen LogP contribution in [0.5, 0.6) is 0 Å². The molecule has 0 aromatic heterocycles. The van der Waals surface area contributed by atoms with Crippen LogP contribution in [-0.2, 0) is 19.1 Å². The normalized spacial score (nSPS) is 13.2. The summed E-state index contributed by atoms with van der Waals surface area (Å²) in [6.45, 7) is 8.52. The van der Waals surface area contributed by atoms with Gasteiger partial charge < -0.3 is 9.47 Å². The Morgan fingerprint density at radius 2 is 2.00 bits per heavy atom. The van der Waals surface area contributed by atoms with Crippen LogP contribution in [-0.4, -0.2) is 36.9 Å². The van der Waals surface area contributed by atoms with E-state index in [1.165, 1.54) is 7.05 Å². The summed E-state index contributed by atoms with van der Waals surface area (Å²) in [6.07, 6.45) is 2.24. The summed E-state index contributed by atoms with van der Waals surface area (Å²) in [6, 6.07) is 0. The Kier molecular flexibility index (Phi) is 6.17. The van der Waals surface area contributed by atoms with Crippen molar-refractivity contribution in [1.29, 1.82) is 0 Å². The molecule has 0 N–H and O–H groups in total. The standard InChI is InChI=1S/C12H19NO4/c1-6-10(14)16-9(2)7-12(3,4)17-11(15)8-13-5/h6,8-9H,1,7H2,2-5H3. The minimum atomic E-state index is -0.723. The number of hydrogen-bond acceptors (Lipinski definition) is 5. The van der Waals surface area contributed by atoms with E-state index in [2.05, 4.69) is 11.6 Å². The Morgan fingerprint density at radius 3 is 2.47 bits per heavy atom. The lowest BCUT2D eigenvalue weighted by Crippen LogP contribution is -2.33. The van der Waals surface area contributed by atoms with Crippen molar-refractivity contribution >= 4 is 18.2 Å². The first kappa shape index (κ1) is 15.3. The molecular weight excluding hydrogens is 222 g/mol. The molecule has 17 heavy (non-hydrogen) atoms. The van der Waals surface area contributed by atoms with Crippen LogP contribution in [0.1, 0.15) is 27.2 Å². The lowest BCUT2D eigenvalue weighted by Gasteiger charge is -2.27. The summed E-state index contributed by atoms with van der Waals surface area (Å²) in [5.74, 6) is -1.01. The van der Waals surface area contributed by atoms with Crippen LogP contribution in [0.3, 0.4) is 0 Å². The first-order valence-corrected chi connectivity index (χ1v) is 5.29. The third kappa shape index (κ3) is 7.27. The van der Waals surface area contributed by atoms with Gasteiger partial charge in [0, 0.05) is 19.5 Å². The van der Waals surface area contributed by atoms with Gasteiger partial charge in [-0.15, -0.1) is 0 Å². The van der Waals surface area contributed by atoms with Crippen molar-refractivity contribution in [2.24, 2.45) is 4.99 Å². The predicted molar refractivity (Wildman–Crippen MR) is 65.0 cm³/mol. The zero-order valence-corrected chi connectivity index (χ0v) is 10.7. The minimum Gasteiger partial charge on any atom is -0.459 e. The molecule has 5 nitrogen and oxygen atoms in total. The largest absolute Gasteiger partial charge is 0.459 e. The van der Waals surface area contributed by atoms with Crippen LogP contribution in [0.4, 0.5) is 0 Å². The molecule has 0 aromatic carbocycles. The van der Waals surface area contributed by atoms with Crippen molar-refractivity contribution in [2.75, 3.05) is 7.05 Å². The van der Waals surface area contributed by atoms with Gasteiger partial charge in [-0.05, 0) is 20.8 Å². The molecule has 0 spiro atoms. The molecule has 5 heteroatoms. The molecule has 0 fully saturated rings. The average molecular weight is 241 g/mol. The van der Waals surface area contributed by atoms with Crippen molar-refractivity contribution in [1.82, 2.24) is 0 Å². The van der Waals surface area contributed by atoms with E-state index in [4.69, 9.17) is 9.47 Å². The number of ether oxygens (including phenoxy) is 2. The number of esters is 2. The van der Waals surface area contributed by atoms with E-state index in [-0.39, 0.29) is 6.10 Å².